The first-order chi connectivity index (χ1) is 22.1. The highest BCUT2D eigenvalue weighted by atomic mass is 35.5. The van der Waals surface area contributed by atoms with Crippen molar-refractivity contribution >= 4 is 46.6 Å². The molecule has 2 saturated heterocycles. The van der Waals surface area contributed by atoms with Crippen LogP contribution in [0.3, 0.4) is 0 Å². The summed E-state index contributed by atoms with van der Waals surface area (Å²) < 4.78 is 10.9. The van der Waals surface area contributed by atoms with Gasteiger partial charge in [-0.1, -0.05) is 47.5 Å². The summed E-state index contributed by atoms with van der Waals surface area (Å²) >= 11 is 12.3. The first kappa shape index (κ1) is 33.6. The molecule has 11 heteroatoms. The Balaban J connectivity index is 1.33. The number of methoxy groups -OCH3 is 2. The van der Waals surface area contributed by atoms with Crippen LogP contribution in [0, 0.1) is 0 Å². The monoisotopic (exact) mass is 666 g/mol. The second-order valence-electron chi connectivity index (χ2n) is 11.9. The largest absolute Gasteiger partial charge is 0.493 e. The first-order valence-electron chi connectivity index (χ1n) is 15.5. The van der Waals surface area contributed by atoms with Crippen LogP contribution in [0.5, 0.6) is 11.5 Å². The van der Waals surface area contributed by atoms with Gasteiger partial charge < -0.3 is 24.6 Å². The second-order valence-corrected chi connectivity index (χ2v) is 12.8. The topological polar surface area (TPSA) is 91.4 Å². The van der Waals surface area contributed by atoms with Crippen LogP contribution in [-0.4, -0.2) is 84.9 Å². The number of amides is 3. The molecule has 0 saturated carbocycles. The van der Waals surface area contributed by atoms with Crippen molar-refractivity contribution in [3.63, 3.8) is 0 Å². The SMILES string of the molecule is COc1cc(NC(=O)C(=O)N2CCN(C(c3ccc(Cl)cc3)c3ccc(Cl)cc3)CC2)c(C(=O)N2C(C)CCCC2C)cc1OC. The third kappa shape index (κ3) is 7.27. The van der Waals surface area contributed by atoms with E-state index in [1.165, 1.54) is 20.3 Å². The van der Waals surface area contributed by atoms with Gasteiger partial charge in [-0.3, -0.25) is 19.3 Å². The number of carbonyl (C=O) groups excluding carboxylic acids is 3. The van der Waals surface area contributed by atoms with Crippen molar-refractivity contribution < 1.29 is 23.9 Å². The Hall–Kier alpha value is -3.79. The number of piperazine rings is 1. The summed E-state index contributed by atoms with van der Waals surface area (Å²) in [5.41, 5.74) is 2.58. The van der Waals surface area contributed by atoms with Gasteiger partial charge in [0.15, 0.2) is 11.5 Å². The summed E-state index contributed by atoms with van der Waals surface area (Å²) in [6.45, 7) is 5.84. The maximum Gasteiger partial charge on any atom is 0.313 e. The van der Waals surface area contributed by atoms with Gasteiger partial charge in [-0.15, -0.1) is 0 Å². The fourth-order valence-corrected chi connectivity index (χ4v) is 6.78. The first-order valence-corrected chi connectivity index (χ1v) is 16.3. The van der Waals surface area contributed by atoms with E-state index >= 15 is 0 Å². The fraction of sp³-hybridized carbons (Fsp3) is 0.400. The molecular weight excluding hydrogens is 627 g/mol. The highest BCUT2D eigenvalue weighted by Gasteiger charge is 2.34. The number of halogens is 2. The van der Waals surface area contributed by atoms with E-state index in [4.69, 9.17) is 32.7 Å². The van der Waals surface area contributed by atoms with Gasteiger partial charge in [0.1, 0.15) is 0 Å². The lowest BCUT2D eigenvalue weighted by molar-refractivity contribution is -0.144. The molecule has 3 aromatic rings. The van der Waals surface area contributed by atoms with Crippen molar-refractivity contribution in [1.82, 2.24) is 14.7 Å². The molecule has 3 aromatic carbocycles. The van der Waals surface area contributed by atoms with Gasteiger partial charge in [-0.25, -0.2) is 0 Å². The number of nitrogens with zero attached hydrogens (tertiary/aromatic N) is 3. The van der Waals surface area contributed by atoms with Crippen LogP contribution >= 0.6 is 23.2 Å². The molecule has 0 radical (unpaired) electrons. The maximum absolute atomic E-state index is 13.9. The van der Waals surface area contributed by atoms with Crippen molar-refractivity contribution in [2.24, 2.45) is 0 Å². The number of nitrogens with one attached hydrogen (secondary N) is 1. The summed E-state index contributed by atoms with van der Waals surface area (Å²) in [4.78, 5) is 46.5. The number of rotatable bonds is 7. The molecule has 2 aliphatic heterocycles. The van der Waals surface area contributed by atoms with Crippen LogP contribution in [0.2, 0.25) is 10.0 Å². The zero-order chi connectivity index (χ0) is 33.0. The highest BCUT2D eigenvalue weighted by Crippen LogP contribution is 2.36. The molecule has 0 aromatic heterocycles. The Labute approximate surface area is 280 Å². The number of likely N-dealkylation sites (tertiary alicyclic amines) is 1. The van der Waals surface area contributed by atoms with Gasteiger partial charge in [-0.05, 0) is 74.6 Å². The van der Waals surface area contributed by atoms with Gasteiger partial charge in [-0.2, -0.15) is 0 Å². The average Bonchev–Trinajstić information content (AvgIpc) is 3.06. The minimum absolute atomic E-state index is 0.0374. The van der Waals surface area contributed by atoms with Crippen molar-refractivity contribution in [3.05, 3.63) is 87.4 Å². The number of hydrogen-bond donors (Lipinski definition) is 1. The lowest BCUT2D eigenvalue weighted by Gasteiger charge is -2.40. The quantitative estimate of drug-likeness (QED) is 0.298. The molecule has 46 heavy (non-hydrogen) atoms. The minimum Gasteiger partial charge on any atom is -0.493 e. The lowest BCUT2D eigenvalue weighted by atomic mass is 9.96. The predicted molar refractivity (Wildman–Crippen MR) is 180 cm³/mol. The minimum atomic E-state index is -0.818. The Bertz CT molecular complexity index is 1500. The van der Waals surface area contributed by atoms with Crippen molar-refractivity contribution in [2.45, 2.75) is 51.2 Å². The molecule has 9 nitrogen and oxygen atoms in total. The van der Waals surface area contributed by atoms with Crippen molar-refractivity contribution in [3.8, 4) is 11.5 Å². The fourth-order valence-electron chi connectivity index (χ4n) is 6.53. The van der Waals surface area contributed by atoms with Gasteiger partial charge in [0.25, 0.3) is 5.91 Å². The van der Waals surface area contributed by atoms with Gasteiger partial charge in [0.2, 0.25) is 0 Å². The average molecular weight is 668 g/mol. The van der Waals surface area contributed by atoms with Crippen LogP contribution in [0.1, 0.15) is 60.6 Å². The smallest absolute Gasteiger partial charge is 0.313 e. The maximum atomic E-state index is 13.9. The molecule has 2 atom stereocenters. The van der Waals surface area contributed by atoms with E-state index in [-0.39, 0.29) is 35.3 Å². The predicted octanol–water partition coefficient (Wildman–Crippen LogP) is 6.29. The Morgan fingerprint density at radius 3 is 1.78 bits per heavy atom. The zero-order valence-corrected chi connectivity index (χ0v) is 28.1. The summed E-state index contributed by atoms with van der Waals surface area (Å²) in [7, 11) is 2.97. The number of piperidine rings is 1. The molecule has 244 valence electrons. The number of carbonyl (C=O) groups is 3. The molecule has 1 N–H and O–H groups in total. The molecule has 0 aliphatic carbocycles. The van der Waals surface area contributed by atoms with Crippen LogP contribution < -0.4 is 14.8 Å². The van der Waals surface area contributed by atoms with E-state index in [0.717, 1.165) is 30.4 Å². The third-order valence-electron chi connectivity index (χ3n) is 8.96. The molecule has 0 spiro atoms. The summed E-state index contributed by atoms with van der Waals surface area (Å²) in [5, 5.41) is 4.03. The van der Waals surface area contributed by atoms with Crippen LogP contribution in [0.4, 0.5) is 5.69 Å². The van der Waals surface area contributed by atoms with E-state index in [2.05, 4.69) is 10.2 Å². The van der Waals surface area contributed by atoms with Crippen LogP contribution in [0.15, 0.2) is 60.7 Å². The zero-order valence-electron chi connectivity index (χ0n) is 26.6. The Kier molecular flexibility index (Phi) is 10.8. The van der Waals surface area contributed by atoms with Gasteiger partial charge in [0.05, 0.1) is 31.5 Å². The highest BCUT2D eigenvalue weighted by molar-refractivity contribution is 6.40. The van der Waals surface area contributed by atoms with Crippen molar-refractivity contribution in [1.29, 1.82) is 0 Å². The van der Waals surface area contributed by atoms with Crippen LogP contribution in [-0.2, 0) is 9.59 Å². The Morgan fingerprint density at radius 2 is 1.28 bits per heavy atom. The van der Waals surface area contributed by atoms with E-state index in [1.807, 2.05) is 67.3 Å². The summed E-state index contributed by atoms with van der Waals surface area (Å²) in [5.74, 6) is -1.01. The van der Waals surface area contributed by atoms with Crippen molar-refractivity contribution in [2.75, 3.05) is 45.7 Å². The van der Waals surface area contributed by atoms with E-state index in [1.54, 1.807) is 11.0 Å². The third-order valence-corrected chi connectivity index (χ3v) is 9.47. The van der Waals surface area contributed by atoms with E-state index in [9.17, 15) is 14.4 Å². The van der Waals surface area contributed by atoms with Gasteiger partial charge >= 0.3 is 11.8 Å². The summed E-state index contributed by atoms with van der Waals surface area (Å²) in [6.07, 6.45) is 2.84. The molecule has 3 amide bonds. The number of ether oxygens (including phenoxy) is 2. The van der Waals surface area contributed by atoms with Crippen LogP contribution in [0.25, 0.3) is 0 Å². The molecule has 2 aliphatic rings. The number of anilines is 1. The lowest BCUT2D eigenvalue weighted by Crippen LogP contribution is -2.52. The molecule has 2 fully saturated rings. The normalized spacial score (nSPS) is 18.8. The van der Waals surface area contributed by atoms with E-state index in [0.29, 0.717) is 47.7 Å². The molecule has 0 bridgehead atoms. The van der Waals surface area contributed by atoms with Gasteiger partial charge in [0, 0.05) is 54.4 Å². The second kappa shape index (κ2) is 14.8. The summed E-state index contributed by atoms with van der Waals surface area (Å²) in [6, 6.07) is 18.6. The molecule has 5 rings (SSSR count). The Morgan fingerprint density at radius 1 is 0.783 bits per heavy atom. The number of hydrogen-bond acceptors (Lipinski definition) is 6. The standard InChI is InChI=1S/C35H40Cl2N4O5/c1-22-6-5-7-23(2)41(22)34(43)28-20-30(45-3)31(46-4)21-29(28)38-33(42)35(44)40-18-16-39(17-19-40)32(24-8-12-26(36)13-9-24)25-10-14-27(37)15-11-25/h8-15,20-23,32H,5-7,16-19H2,1-4H3,(H,38,42). The number of benzene rings is 3. The molecular formula is C35H40Cl2N4O5. The molecule has 2 heterocycles. The van der Waals surface area contributed by atoms with E-state index < -0.39 is 11.8 Å². The molecule has 2 unspecified atom stereocenters.